The molecule has 0 saturated carbocycles. The molecule has 1 aromatic heterocycles. The van der Waals surface area contributed by atoms with Gasteiger partial charge in [-0.3, -0.25) is 0 Å². The van der Waals surface area contributed by atoms with Crippen LogP contribution in [0.1, 0.15) is 70.8 Å². The molecule has 1 unspecified atom stereocenters. The largest absolute Gasteiger partial charge is 0.314 e. The highest BCUT2D eigenvalue weighted by Gasteiger charge is 2.02. The molecule has 0 fully saturated rings. The van der Waals surface area contributed by atoms with E-state index >= 15 is 0 Å². The van der Waals surface area contributed by atoms with Crippen molar-refractivity contribution in [2.45, 2.75) is 77.7 Å². The molecular formula is C17H31NS. The molecule has 1 rings (SSSR count). The lowest BCUT2D eigenvalue weighted by atomic mass is 10.1. The van der Waals surface area contributed by atoms with Gasteiger partial charge in [0.15, 0.2) is 0 Å². The topological polar surface area (TPSA) is 12.0 Å². The first-order valence-electron chi connectivity index (χ1n) is 8.07. The summed E-state index contributed by atoms with van der Waals surface area (Å²) >= 11 is 1.80. The predicted octanol–water partition coefficient (Wildman–Crippen LogP) is 5.41. The summed E-state index contributed by atoms with van der Waals surface area (Å²) in [6.45, 7) is 5.76. The zero-order valence-electron chi connectivity index (χ0n) is 12.8. The molecule has 0 aliphatic heterocycles. The second-order valence-electron chi connectivity index (χ2n) is 5.67. The Labute approximate surface area is 123 Å². The highest BCUT2D eigenvalue weighted by molar-refractivity contribution is 7.07. The fraction of sp³-hybridized carbons (Fsp3) is 0.765. The first-order valence-corrected chi connectivity index (χ1v) is 9.01. The van der Waals surface area contributed by atoms with E-state index in [4.69, 9.17) is 0 Å². The Bertz CT molecular complexity index is 281. The molecule has 1 nitrogen and oxygen atoms in total. The minimum atomic E-state index is 0.610. The van der Waals surface area contributed by atoms with Crippen LogP contribution in [-0.4, -0.2) is 12.6 Å². The highest BCUT2D eigenvalue weighted by Crippen LogP contribution is 2.09. The Hall–Kier alpha value is -0.340. The van der Waals surface area contributed by atoms with Gasteiger partial charge in [-0.15, -0.1) is 0 Å². The van der Waals surface area contributed by atoms with E-state index in [-0.39, 0.29) is 0 Å². The van der Waals surface area contributed by atoms with Crippen LogP contribution < -0.4 is 5.32 Å². The van der Waals surface area contributed by atoms with Crippen molar-refractivity contribution in [3.63, 3.8) is 0 Å². The van der Waals surface area contributed by atoms with E-state index in [1.165, 1.54) is 69.9 Å². The van der Waals surface area contributed by atoms with E-state index in [1.54, 1.807) is 11.3 Å². The van der Waals surface area contributed by atoms with E-state index in [9.17, 15) is 0 Å². The molecule has 2 heteroatoms. The minimum Gasteiger partial charge on any atom is -0.314 e. The summed E-state index contributed by atoms with van der Waals surface area (Å²) in [7, 11) is 0. The van der Waals surface area contributed by atoms with E-state index in [0.29, 0.717) is 6.04 Å². The normalized spacial score (nSPS) is 12.7. The summed E-state index contributed by atoms with van der Waals surface area (Å²) in [5.74, 6) is 0. The fourth-order valence-electron chi connectivity index (χ4n) is 2.44. The standard InChI is InChI=1S/C17H31NS/c1-3-4-5-6-7-8-9-10-12-18-16(2)14-17-11-13-19-15-17/h11,13,15-16,18H,3-10,12,14H2,1-2H3. The van der Waals surface area contributed by atoms with Gasteiger partial charge in [-0.25, -0.2) is 0 Å². The Morgan fingerprint density at radius 1 is 1.05 bits per heavy atom. The SMILES string of the molecule is CCCCCCCCCCNC(C)Cc1ccsc1. The summed E-state index contributed by atoms with van der Waals surface area (Å²) in [6.07, 6.45) is 12.4. The molecule has 0 radical (unpaired) electrons. The first-order chi connectivity index (χ1) is 9.33. The minimum absolute atomic E-state index is 0.610. The third kappa shape index (κ3) is 9.23. The molecule has 0 bridgehead atoms. The monoisotopic (exact) mass is 281 g/mol. The predicted molar refractivity (Wildman–Crippen MR) is 88.1 cm³/mol. The molecule has 1 aromatic rings. The molecule has 0 aliphatic rings. The molecule has 0 aliphatic carbocycles. The van der Waals surface area contributed by atoms with Crippen molar-refractivity contribution in [2.75, 3.05) is 6.54 Å². The third-order valence-corrected chi connectivity index (χ3v) is 4.38. The van der Waals surface area contributed by atoms with Gasteiger partial charge in [0.2, 0.25) is 0 Å². The molecule has 0 aromatic carbocycles. The second-order valence-corrected chi connectivity index (χ2v) is 6.45. The summed E-state index contributed by atoms with van der Waals surface area (Å²) in [4.78, 5) is 0. The van der Waals surface area contributed by atoms with Crippen molar-refractivity contribution in [2.24, 2.45) is 0 Å². The number of hydrogen-bond donors (Lipinski definition) is 1. The molecular weight excluding hydrogens is 250 g/mol. The lowest BCUT2D eigenvalue weighted by molar-refractivity contribution is 0.508. The van der Waals surface area contributed by atoms with Gasteiger partial charge in [0.05, 0.1) is 0 Å². The van der Waals surface area contributed by atoms with Gasteiger partial charge in [0.25, 0.3) is 0 Å². The summed E-state index contributed by atoms with van der Waals surface area (Å²) in [5.41, 5.74) is 1.47. The lowest BCUT2D eigenvalue weighted by Gasteiger charge is -2.12. The molecule has 0 saturated heterocycles. The van der Waals surface area contributed by atoms with Crippen molar-refractivity contribution in [3.05, 3.63) is 22.4 Å². The number of rotatable bonds is 12. The van der Waals surface area contributed by atoms with Gasteiger partial charge < -0.3 is 5.32 Å². The highest BCUT2D eigenvalue weighted by atomic mass is 32.1. The Morgan fingerprint density at radius 2 is 1.74 bits per heavy atom. The molecule has 0 spiro atoms. The van der Waals surface area contributed by atoms with E-state index < -0.39 is 0 Å². The summed E-state index contributed by atoms with van der Waals surface area (Å²) in [5, 5.41) is 8.06. The van der Waals surface area contributed by atoms with E-state index in [2.05, 4.69) is 36.0 Å². The van der Waals surface area contributed by atoms with E-state index in [1.807, 2.05) is 0 Å². The number of nitrogens with one attached hydrogen (secondary N) is 1. The quantitative estimate of drug-likeness (QED) is 0.505. The number of unbranched alkanes of at least 4 members (excludes halogenated alkanes) is 7. The molecule has 1 heterocycles. The average Bonchev–Trinajstić information content (AvgIpc) is 2.89. The van der Waals surface area contributed by atoms with Crippen molar-refractivity contribution in [1.29, 1.82) is 0 Å². The Kier molecular flexibility index (Phi) is 10.1. The van der Waals surface area contributed by atoms with Crippen LogP contribution in [0.4, 0.5) is 0 Å². The number of thiophene rings is 1. The van der Waals surface area contributed by atoms with Gasteiger partial charge >= 0.3 is 0 Å². The van der Waals surface area contributed by atoms with Gasteiger partial charge in [0, 0.05) is 6.04 Å². The molecule has 1 atom stereocenters. The van der Waals surface area contributed by atoms with Crippen molar-refractivity contribution in [1.82, 2.24) is 5.32 Å². The average molecular weight is 282 g/mol. The van der Waals surface area contributed by atoms with Crippen LogP contribution in [-0.2, 0) is 6.42 Å². The van der Waals surface area contributed by atoms with E-state index in [0.717, 1.165) is 0 Å². The lowest BCUT2D eigenvalue weighted by Crippen LogP contribution is -2.28. The van der Waals surface area contributed by atoms with Crippen molar-refractivity contribution >= 4 is 11.3 Å². The number of hydrogen-bond acceptors (Lipinski definition) is 2. The van der Waals surface area contributed by atoms with Crippen LogP contribution in [0.2, 0.25) is 0 Å². The molecule has 19 heavy (non-hydrogen) atoms. The van der Waals surface area contributed by atoms with Gasteiger partial charge in [-0.1, -0.05) is 51.9 Å². The van der Waals surface area contributed by atoms with Crippen molar-refractivity contribution in [3.8, 4) is 0 Å². The van der Waals surface area contributed by atoms with Gasteiger partial charge in [-0.2, -0.15) is 11.3 Å². The van der Waals surface area contributed by atoms with Crippen LogP contribution in [0.15, 0.2) is 16.8 Å². The first kappa shape index (κ1) is 16.7. The Balaban J connectivity index is 1.85. The second kappa shape index (κ2) is 11.5. The fourth-order valence-corrected chi connectivity index (χ4v) is 3.12. The zero-order chi connectivity index (χ0) is 13.8. The Morgan fingerprint density at radius 3 is 2.37 bits per heavy atom. The van der Waals surface area contributed by atoms with Crippen LogP contribution in [0, 0.1) is 0 Å². The van der Waals surface area contributed by atoms with Crippen molar-refractivity contribution < 1.29 is 0 Å². The maximum atomic E-state index is 3.64. The maximum absolute atomic E-state index is 3.64. The van der Waals surface area contributed by atoms with Crippen LogP contribution in [0.5, 0.6) is 0 Å². The van der Waals surface area contributed by atoms with Crippen LogP contribution in [0.3, 0.4) is 0 Å². The smallest absolute Gasteiger partial charge is 0.00794 e. The molecule has 110 valence electrons. The summed E-state index contributed by atoms with van der Waals surface area (Å²) < 4.78 is 0. The zero-order valence-corrected chi connectivity index (χ0v) is 13.6. The molecule has 1 N–H and O–H groups in total. The van der Waals surface area contributed by atoms with Crippen LogP contribution in [0.25, 0.3) is 0 Å². The summed E-state index contributed by atoms with van der Waals surface area (Å²) in [6, 6.07) is 2.85. The molecule has 0 amide bonds. The maximum Gasteiger partial charge on any atom is 0.00794 e. The van der Waals surface area contributed by atoms with Gasteiger partial charge in [0.1, 0.15) is 0 Å². The third-order valence-electron chi connectivity index (χ3n) is 3.65. The van der Waals surface area contributed by atoms with Gasteiger partial charge in [-0.05, 0) is 48.7 Å². The van der Waals surface area contributed by atoms with Crippen LogP contribution >= 0.6 is 11.3 Å².